The summed E-state index contributed by atoms with van der Waals surface area (Å²) in [6.45, 7) is 0. The van der Waals surface area contributed by atoms with E-state index in [4.69, 9.17) is 16.3 Å². The number of benzene rings is 2. The molecule has 0 amide bonds. The van der Waals surface area contributed by atoms with E-state index < -0.39 is 0 Å². The lowest BCUT2D eigenvalue weighted by Crippen LogP contribution is -1.85. The summed E-state index contributed by atoms with van der Waals surface area (Å²) in [4.78, 5) is 4.25. The Hall–Kier alpha value is -1.52. The molecule has 3 nitrogen and oxygen atoms in total. The van der Waals surface area contributed by atoms with Gasteiger partial charge < -0.3 is 9.84 Å². The van der Waals surface area contributed by atoms with Crippen LogP contribution in [0.3, 0.4) is 0 Å². The Kier molecular flexibility index (Phi) is 4.45. The van der Waals surface area contributed by atoms with Crippen LogP contribution in [-0.2, 0) is 0 Å². The first-order valence-corrected chi connectivity index (χ1v) is 6.63. The van der Waals surface area contributed by atoms with Gasteiger partial charge in [0.25, 0.3) is 0 Å². The SMILES string of the molecule is COc1cc(Br)cc(N=Cc2ccc(Cl)cc2)c1O. The maximum Gasteiger partial charge on any atom is 0.184 e. The molecule has 2 aromatic carbocycles. The number of ether oxygens (including phenoxy) is 1. The summed E-state index contributed by atoms with van der Waals surface area (Å²) in [6.07, 6.45) is 1.65. The van der Waals surface area contributed by atoms with Gasteiger partial charge in [-0.3, -0.25) is 4.99 Å². The fourth-order valence-electron chi connectivity index (χ4n) is 1.51. The molecule has 0 saturated carbocycles. The minimum absolute atomic E-state index is 0.0101. The molecule has 0 atom stereocenters. The Morgan fingerprint density at radius 2 is 1.95 bits per heavy atom. The second-order valence-corrected chi connectivity index (χ2v) is 5.14. The van der Waals surface area contributed by atoms with Crippen molar-refractivity contribution in [2.24, 2.45) is 4.99 Å². The monoisotopic (exact) mass is 339 g/mol. The number of halogens is 2. The molecule has 0 heterocycles. The van der Waals surface area contributed by atoms with E-state index in [9.17, 15) is 5.11 Å². The Balaban J connectivity index is 2.32. The van der Waals surface area contributed by atoms with Crippen molar-refractivity contribution in [2.75, 3.05) is 7.11 Å². The van der Waals surface area contributed by atoms with Gasteiger partial charge in [-0.05, 0) is 29.8 Å². The smallest absolute Gasteiger partial charge is 0.184 e. The van der Waals surface area contributed by atoms with Crippen LogP contribution in [0.5, 0.6) is 11.5 Å². The minimum Gasteiger partial charge on any atom is -0.503 e. The number of rotatable bonds is 3. The van der Waals surface area contributed by atoms with Gasteiger partial charge in [0.05, 0.1) is 7.11 Å². The lowest BCUT2D eigenvalue weighted by atomic mass is 10.2. The largest absolute Gasteiger partial charge is 0.503 e. The molecule has 0 aromatic heterocycles. The maximum absolute atomic E-state index is 9.95. The van der Waals surface area contributed by atoms with Crippen LogP contribution in [0.2, 0.25) is 5.02 Å². The maximum atomic E-state index is 9.95. The standard InChI is InChI=1S/C14H11BrClNO2/c1-19-13-7-10(15)6-12(14(13)18)17-8-9-2-4-11(16)5-3-9/h2-8,18H,1H3. The Morgan fingerprint density at radius 3 is 2.58 bits per heavy atom. The Bertz CT molecular complexity index is 612. The van der Waals surface area contributed by atoms with Crippen LogP contribution in [0, 0.1) is 0 Å². The molecule has 0 unspecified atom stereocenters. The number of phenolic OH excluding ortho intramolecular Hbond substituents is 1. The van der Waals surface area contributed by atoms with Gasteiger partial charge in [0.2, 0.25) is 0 Å². The number of aliphatic imine (C=N–C) groups is 1. The number of phenols is 1. The number of nitrogens with zero attached hydrogens (tertiary/aromatic N) is 1. The molecule has 2 rings (SSSR count). The lowest BCUT2D eigenvalue weighted by Gasteiger charge is -2.06. The highest BCUT2D eigenvalue weighted by Gasteiger charge is 2.08. The molecule has 0 aliphatic rings. The number of hydrogen-bond donors (Lipinski definition) is 1. The topological polar surface area (TPSA) is 41.8 Å². The zero-order valence-corrected chi connectivity index (χ0v) is 12.4. The Labute approximate surface area is 124 Å². The number of aromatic hydroxyl groups is 1. The zero-order valence-electron chi connectivity index (χ0n) is 10.1. The Morgan fingerprint density at radius 1 is 1.26 bits per heavy atom. The van der Waals surface area contributed by atoms with Gasteiger partial charge in [-0.25, -0.2) is 0 Å². The van der Waals surface area contributed by atoms with Gasteiger partial charge >= 0.3 is 0 Å². The highest BCUT2D eigenvalue weighted by atomic mass is 79.9. The summed E-state index contributed by atoms with van der Waals surface area (Å²) in [5.74, 6) is 0.383. The van der Waals surface area contributed by atoms with Gasteiger partial charge in [-0.1, -0.05) is 39.7 Å². The van der Waals surface area contributed by atoms with E-state index in [-0.39, 0.29) is 5.75 Å². The average molecular weight is 341 g/mol. The molecule has 0 aliphatic carbocycles. The van der Waals surface area contributed by atoms with Crippen molar-refractivity contribution in [3.05, 3.63) is 51.5 Å². The van der Waals surface area contributed by atoms with E-state index >= 15 is 0 Å². The normalized spacial score (nSPS) is 10.9. The van der Waals surface area contributed by atoms with Gasteiger partial charge in [0.1, 0.15) is 5.69 Å². The second-order valence-electron chi connectivity index (χ2n) is 3.79. The van der Waals surface area contributed by atoms with Crippen LogP contribution in [0.4, 0.5) is 5.69 Å². The molecule has 19 heavy (non-hydrogen) atoms. The van der Waals surface area contributed by atoms with Gasteiger partial charge in [0, 0.05) is 15.7 Å². The molecular weight excluding hydrogens is 330 g/mol. The van der Waals surface area contributed by atoms with Crippen molar-refractivity contribution in [1.82, 2.24) is 0 Å². The summed E-state index contributed by atoms with van der Waals surface area (Å²) in [7, 11) is 1.49. The van der Waals surface area contributed by atoms with E-state index in [1.165, 1.54) is 7.11 Å². The summed E-state index contributed by atoms with van der Waals surface area (Å²) in [5, 5.41) is 10.6. The first-order chi connectivity index (χ1) is 9.10. The zero-order chi connectivity index (χ0) is 13.8. The first kappa shape index (κ1) is 13.9. The summed E-state index contributed by atoms with van der Waals surface area (Å²) in [5.41, 5.74) is 1.32. The van der Waals surface area contributed by atoms with Crippen molar-refractivity contribution in [1.29, 1.82) is 0 Å². The third kappa shape index (κ3) is 3.49. The van der Waals surface area contributed by atoms with Crippen molar-refractivity contribution in [3.63, 3.8) is 0 Å². The van der Waals surface area contributed by atoms with E-state index in [1.807, 2.05) is 12.1 Å². The molecule has 0 radical (unpaired) electrons. The molecule has 0 aliphatic heterocycles. The van der Waals surface area contributed by atoms with Crippen LogP contribution >= 0.6 is 27.5 Å². The summed E-state index contributed by atoms with van der Waals surface area (Å²) < 4.78 is 5.85. The third-order valence-electron chi connectivity index (χ3n) is 2.46. The summed E-state index contributed by atoms with van der Waals surface area (Å²) >= 11 is 9.15. The van der Waals surface area contributed by atoms with E-state index in [0.717, 1.165) is 10.0 Å². The van der Waals surface area contributed by atoms with Gasteiger partial charge in [-0.15, -0.1) is 0 Å². The predicted molar refractivity (Wildman–Crippen MR) is 81.1 cm³/mol. The molecule has 0 spiro atoms. The first-order valence-electron chi connectivity index (χ1n) is 5.46. The van der Waals surface area contributed by atoms with E-state index in [0.29, 0.717) is 16.5 Å². The van der Waals surface area contributed by atoms with Crippen molar-refractivity contribution in [2.45, 2.75) is 0 Å². The van der Waals surface area contributed by atoms with Crippen LogP contribution in [0.15, 0.2) is 45.9 Å². The van der Waals surface area contributed by atoms with Crippen LogP contribution in [0.25, 0.3) is 0 Å². The highest BCUT2D eigenvalue weighted by molar-refractivity contribution is 9.10. The molecule has 1 N–H and O–H groups in total. The molecule has 5 heteroatoms. The second kappa shape index (κ2) is 6.08. The van der Waals surface area contributed by atoms with Crippen molar-refractivity contribution < 1.29 is 9.84 Å². The molecular formula is C14H11BrClNO2. The number of hydrogen-bond acceptors (Lipinski definition) is 3. The van der Waals surface area contributed by atoms with Crippen molar-refractivity contribution in [3.8, 4) is 11.5 Å². The molecule has 0 fully saturated rings. The molecule has 0 bridgehead atoms. The number of methoxy groups -OCH3 is 1. The van der Waals surface area contributed by atoms with E-state index in [1.54, 1.807) is 30.5 Å². The molecule has 98 valence electrons. The van der Waals surface area contributed by atoms with Gasteiger partial charge in [0.15, 0.2) is 11.5 Å². The lowest BCUT2D eigenvalue weighted by molar-refractivity contribution is 0.374. The van der Waals surface area contributed by atoms with Crippen LogP contribution in [-0.4, -0.2) is 18.4 Å². The molecule has 2 aromatic rings. The third-order valence-corrected chi connectivity index (χ3v) is 3.17. The van der Waals surface area contributed by atoms with Crippen LogP contribution < -0.4 is 4.74 Å². The quantitative estimate of drug-likeness (QED) is 0.832. The fraction of sp³-hybridized carbons (Fsp3) is 0.0714. The van der Waals surface area contributed by atoms with Gasteiger partial charge in [-0.2, -0.15) is 0 Å². The average Bonchev–Trinajstić information content (AvgIpc) is 2.41. The molecule has 0 saturated heterocycles. The van der Waals surface area contributed by atoms with Crippen molar-refractivity contribution >= 4 is 39.4 Å². The highest BCUT2D eigenvalue weighted by Crippen LogP contribution is 2.38. The van der Waals surface area contributed by atoms with E-state index in [2.05, 4.69) is 20.9 Å². The predicted octanol–water partition coefficient (Wildman–Crippen LogP) is 4.57. The fourth-order valence-corrected chi connectivity index (χ4v) is 2.06. The minimum atomic E-state index is 0.0101. The van der Waals surface area contributed by atoms with Crippen LogP contribution in [0.1, 0.15) is 5.56 Å². The summed E-state index contributed by atoms with van der Waals surface area (Å²) in [6, 6.07) is 10.6.